The Hall–Kier alpha value is -2.07. The quantitative estimate of drug-likeness (QED) is 0.892. The van der Waals surface area contributed by atoms with Gasteiger partial charge in [0.1, 0.15) is 11.5 Å². The zero-order valence-electron chi connectivity index (χ0n) is 10.8. The molecule has 4 nitrogen and oxygen atoms in total. The van der Waals surface area contributed by atoms with Crippen molar-refractivity contribution in [2.45, 2.75) is 19.3 Å². The van der Waals surface area contributed by atoms with Gasteiger partial charge in [0.2, 0.25) is 0 Å². The number of aryl methyl sites for hydroxylation is 2. The highest BCUT2D eigenvalue weighted by Gasteiger charge is 2.15. The van der Waals surface area contributed by atoms with Gasteiger partial charge in [-0.15, -0.1) is 0 Å². The molecule has 1 aliphatic rings. The summed E-state index contributed by atoms with van der Waals surface area (Å²) in [4.78, 5) is 16.1. The molecule has 1 amide bonds. The topological polar surface area (TPSA) is 68.0 Å². The molecular weight excluding hydrogens is 274 g/mol. The van der Waals surface area contributed by atoms with E-state index in [0.717, 1.165) is 18.5 Å². The highest BCUT2D eigenvalue weighted by atomic mass is 35.5. The molecule has 102 valence electrons. The Morgan fingerprint density at radius 2 is 2.00 bits per heavy atom. The lowest BCUT2D eigenvalue weighted by Gasteiger charge is -2.08. The summed E-state index contributed by atoms with van der Waals surface area (Å²) in [5, 5.41) is 3.10. The van der Waals surface area contributed by atoms with Gasteiger partial charge in [-0.05, 0) is 54.7 Å². The van der Waals surface area contributed by atoms with Crippen LogP contribution in [-0.2, 0) is 12.8 Å². The van der Waals surface area contributed by atoms with Gasteiger partial charge in [0.25, 0.3) is 5.91 Å². The third kappa shape index (κ3) is 2.47. The van der Waals surface area contributed by atoms with E-state index in [1.165, 1.54) is 17.5 Å². The number of nitrogens with zero attached hydrogens (tertiary/aromatic N) is 1. The second-order valence-corrected chi connectivity index (χ2v) is 5.26. The van der Waals surface area contributed by atoms with Crippen LogP contribution in [0, 0.1) is 0 Å². The molecule has 3 N–H and O–H groups in total. The summed E-state index contributed by atoms with van der Waals surface area (Å²) in [5.41, 5.74) is 9.15. The van der Waals surface area contributed by atoms with Crippen LogP contribution in [0.2, 0.25) is 5.02 Å². The van der Waals surface area contributed by atoms with E-state index < -0.39 is 0 Å². The Balaban J connectivity index is 1.84. The lowest BCUT2D eigenvalue weighted by molar-refractivity contribution is 0.102. The monoisotopic (exact) mass is 287 g/mol. The van der Waals surface area contributed by atoms with Gasteiger partial charge in [-0.1, -0.05) is 17.7 Å². The minimum Gasteiger partial charge on any atom is -0.384 e. The molecular formula is C15H14ClN3O. The van der Waals surface area contributed by atoms with Crippen LogP contribution < -0.4 is 11.1 Å². The van der Waals surface area contributed by atoms with Crippen molar-refractivity contribution >= 4 is 29.0 Å². The Bertz CT molecular complexity index is 685. The number of nitrogens with two attached hydrogens (primary N) is 1. The predicted molar refractivity (Wildman–Crippen MR) is 80.1 cm³/mol. The molecule has 0 aliphatic heterocycles. The molecule has 3 rings (SSSR count). The molecule has 0 unspecified atom stereocenters. The number of hydrogen-bond acceptors (Lipinski definition) is 3. The van der Waals surface area contributed by atoms with Gasteiger partial charge in [-0.3, -0.25) is 4.79 Å². The van der Waals surface area contributed by atoms with Crippen LogP contribution in [0.15, 0.2) is 30.3 Å². The number of amides is 1. The van der Waals surface area contributed by atoms with Crippen molar-refractivity contribution in [3.63, 3.8) is 0 Å². The normalized spacial score (nSPS) is 13.1. The van der Waals surface area contributed by atoms with E-state index >= 15 is 0 Å². The van der Waals surface area contributed by atoms with Crippen molar-refractivity contribution in [3.8, 4) is 0 Å². The number of fused-ring (bicyclic) bond motifs is 1. The molecule has 1 aliphatic carbocycles. The Labute approximate surface area is 122 Å². The first-order chi connectivity index (χ1) is 9.63. The van der Waals surface area contributed by atoms with E-state index in [0.29, 0.717) is 0 Å². The SMILES string of the molecule is Nc1ccc(Cl)c(C(=O)Nc2ccc3c(c2)CCC3)n1. The first-order valence-electron chi connectivity index (χ1n) is 6.48. The number of halogens is 1. The van der Waals surface area contributed by atoms with E-state index in [1.54, 1.807) is 12.1 Å². The number of anilines is 2. The number of hydrogen-bond donors (Lipinski definition) is 2. The van der Waals surface area contributed by atoms with Crippen LogP contribution in [0.5, 0.6) is 0 Å². The average molecular weight is 288 g/mol. The third-order valence-electron chi connectivity index (χ3n) is 3.44. The number of rotatable bonds is 2. The fraction of sp³-hybridized carbons (Fsp3) is 0.200. The number of aromatic nitrogens is 1. The third-order valence-corrected chi connectivity index (χ3v) is 3.74. The second-order valence-electron chi connectivity index (χ2n) is 4.86. The lowest BCUT2D eigenvalue weighted by atomic mass is 10.1. The fourth-order valence-electron chi connectivity index (χ4n) is 2.46. The maximum Gasteiger partial charge on any atom is 0.275 e. The molecule has 0 saturated heterocycles. The van der Waals surface area contributed by atoms with Gasteiger partial charge >= 0.3 is 0 Å². The van der Waals surface area contributed by atoms with Gasteiger partial charge in [0, 0.05) is 5.69 Å². The van der Waals surface area contributed by atoms with Crippen molar-refractivity contribution in [2.75, 3.05) is 11.1 Å². The number of benzene rings is 1. The highest BCUT2D eigenvalue weighted by molar-refractivity contribution is 6.34. The average Bonchev–Trinajstić information content (AvgIpc) is 2.89. The number of nitrogens with one attached hydrogen (secondary N) is 1. The van der Waals surface area contributed by atoms with E-state index in [4.69, 9.17) is 17.3 Å². The Morgan fingerprint density at radius 1 is 1.20 bits per heavy atom. The van der Waals surface area contributed by atoms with Gasteiger partial charge in [-0.25, -0.2) is 4.98 Å². The first kappa shape index (κ1) is 12.9. The van der Waals surface area contributed by atoms with E-state index in [1.807, 2.05) is 12.1 Å². The molecule has 20 heavy (non-hydrogen) atoms. The van der Waals surface area contributed by atoms with E-state index in [9.17, 15) is 4.79 Å². The molecule has 5 heteroatoms. The van der Waals surface area contributed by atoms with E-state index in [2.05, 4.69) is 16.4 Å². The molecule has 0 bridgehead atoms. The zero-order valence-corrected chi connectivity index (χ0v) is 11.6. The number of pyridine rings is 1. The van der Waals surface area contributed by atoms with Crippen LogP contribution in [0.4, 0.5) is 11.5 Å². The van der Waals surface area contributed by atoms with Crippen molar-refractivity contribution in [1.82, 2.24) is 4.98 Å². The molecule has 0 atom stereocenters. The Kier molecular flexibility index (Phi) is 3.32. The van der Waals surface area contributed by atoms with Crippen LogP contribution in [0.1, 0.15) is 28.0 Å². The number of carbonyl (C=O) groups excluding carboxylic acids is 1. The fourth-order valence-corrected chi connectivity index (χ4v) is 2.65. The summed E-state index contributed by atoms with van der Waals surface area (Å²) in [6.07, 6.45) is 3.36. The standard InChI is InChI=1S/C15H14ClN3O/c16-12-6-7-13(17)19-14(12)15(20)18-11-5-4-9-2-1-3-10(9)8-11/h4-8H,1-3H2,(H2,17,19)(H,18,20). The summed E-state index contributed by atoms with van der Waals surface area (Å²) in [7, 11) is 0. The second kappa shape index (κ2) is 5.13. The van der Waals surface area contributed by atoms with Gasteiger partial charge in [0.15, 0.2) is 0 Å². The summed E-state index contributed by atoms with van der Waals surface area (Å²) in [6, 6.07) is 9.12. The molecule has 0 radical (unpaired) electrons. The minimum atomic E-state index is -0.347. The maximum absolute atomic E-state index is 12.2. The summed E-state index contributed by atoms with van der Waals surface area (Å²) < 4.78 is 0. The van der Waals surface area contributed by atoms with Crippen LogP contribution in [0.25, 0.3) is 0 Å². The molecule has 1 heterocycles. The predicted octanol–water partition coefficient (Wildman–Crippen LogP) is 3.06. The number of nitrogen functional groups attached to an aromatic ring is 1. The van der Waals surface area contributed by atoms with Gasteiger partial charge in [0.05, 0.1) is 5.02 Å². The van der Waals surface area contributed by atoms with Crippen molar-refractivity contribution in [2.24, 2.45) is 0 Å². The molecule has 0 spiro atoms. The zero-order chi connectivity index (χ0) is 14.1. The molecule has 1 aromatic carbocycles. The smallest absolute Gasteiger partial charge is 0.275 e. The van der Waals surface area contributed by atoms with Crippen LogP contribution in [0.3, 0.4) is 0 Å². The summed E-state index contributed by atoms with van der Waals surface area (Å²) >= 11 is 5.97. The van der Waals surface area contributed by atoms with Crippen LogP contribution in [-0.4, -0.2) is 10.9 Å². The lowest BCUT2D eigenvalue weighted by Crippen LogP contribution is -2.15. The maximum atomic E-state index is 12.2. The van der Waals surface area contributed by atoms with Crippen LogP contribution >= 0.6 is 11.6 Å². The van der Waals surface area contributed by atoms with E-state index in [-0.39, 0.29) is 22.4 Å². The van der Waals surface area contributed by atoms with Crippen molar-refractivity contribution < 1.29 is 4.79 Å². The van der Waals surface area contributed by atoms with Crippen molar-refractivity contribution in [3.05, 3.63) is 52.2 Å². The highest BCUT2D eigenvalue weighted by Crippen LogP contribution is 2.25. The summed E-state index contributed by atoms with van der Waals surface area (Å²) in [6.45, 7) is 0. The molecule has 1 aromatic heterocycles. The minimum absolute atomic E-state index is 0.146. The van der Waals surface area contributed by atoms with Gasteiger partial charge in [-0.2, -0.15) is 0 Å². The Morgan fingerprint density at radius 3 is 2.85 bits per heavy atom. The first-order valence-corrected chi connectivity index (χ1v) is 6.86. The van der Waals surface area contributed by atoms with Gasteiger partial charge < -0.3 is 11.1 Å². The molecule has 2 aromatic rings. The largest absolute Gasteiger partial charge is 0.384 e. The van der Waals surface area contributed by atoms with Crippen molar-refractivity contribution in [1.29, 1.82) is 0 Å². The molecule has 0 saturated carbocycles. The molecule has 0 fully saturated rings. The summed E-state index contributed by atoms with van der Waals surface area (Å²) in [5.74, 6) is -0.0752. The number of carbonyl (C=O) groups is 1.